The summed E-state index contributed by atoms with van der Waals surface area (Å²) in [7, 11) is 0. The fraction of sp³-hybridized carbons (Fsp3) is 0.185. The Morgan fingerprint density at radius 1 is 0.621 bits per heavy atom. The fourth-order valence-electron chi connectivity index (χ4n) is 3.04. The van der Waals surface area contributed by atoms with Crippen molar-refractivity contribution in [2.75, 3.05) is 0 Å². The molecule has 3 aromatic carbocycles. The zero-order chi connectivity index (χ0) is 20.2. The van der Waals surface area contributed by atoms with Crippen LogP contribution in [-0.4, -0.2) is 12.2 Å². The molecule has 3 aromatic rings. The Balaban J connectivity index is 1.66. The van der Waals surface area contributed by atoms with Crippen LogP contribution in [0.2, 0.25) is 0 Å². The summed E-state index contributed by atoms with van der Waals surface area (Å²) in [5, 5.41) is 0. The molecular weight excluding hydrogens is 356 g/mol. The number of benzene rings is 3. The maximum atomic E-state index is 6.22. The summed E-state index contributed by atoms with van der Waals surface area (Å²) in [6.45, 7) is 5.03. The molecule has 0 saturated heterocycles. The van der Waals surface area contributed by atoms with E-state index in [0.717, 1.165) is 17.5 Å². The van der Waals surface area contributed by atoms with Crippen LogP contribution in [0.25, 0.3) is 0 Å². The first kappa shape index (κ1) is 20.8. The predicted octanol–water partition coefficient (Wildman–Crippen LogP) is 6.14. The molecule has 0 aliphatic heterocycles. The Labute approximate surface area is 174 Å². The van der Waals surface area contributed by atoms with E-state index < -0.39 is 0 Å². The molecule has 0 aliphatic carbocycles. The average molecular weight is 385 g/mol. The van der Waals surface area contributed by atoms with Crippen molar-refractivity contribution in [3.05, 3.63) is 132 Å². The van der Waals surface area contributed by atoms with Gasteiger partial charge in [0.1, 0.15) is 12.2 Å². The van der Waals surface area contributed by atoms with Crippen molar-refractivity contribution >= 4 is 0 Å². The number of ether oxygens (including phenoxy) is 2. The summed E-state index contributed by atoms with van der Waals surface area (Å²) >= 11 is 0. The van der Waals surface area contributed by atoms with Crippen LogP contribution in [0.5, 0.6) is 0 Å². The molecule has 0 amide bonds. The van der Waals surface area contributed by atoms with E-state index in [9.17, 15) is 0 Å². The van der Waals surface area contributed by atoms with Crippen LogP contribution in [0.3, 0.4) is 0 Å². The van der Waals surface area contributed by atoms with Crippen LogP contribution in [0.15, 0.2) is 116 Å². The molecule has 0 radical (unpaired) electrons. The molecule has 0 N–H and O–H groups in total. The smallest absolute Gasteiger partial charge is 0.106 e. The van der Waals surface area contributed by atoms with E-state index in [1.54, 1.807) is 0 Å². The third-order valence-corrected chi connectivity index (χ3v) is 4.65. The van der Waals surface area contributed by atoms with Crippen molar-refractivity contribution in [1.29, 1.82) is 0 Å². The van der Waals surface area contributed by atoms with E-state index in [1.165, 1.54) is 5.56 Å². The molecule has 0 saturated carbocycles. The Bertz CT molecular complexity index is 857. The van der Waals surface area contributed by atoms with E-state index in [4.69, 9.17) is 9.47 Å². The molecule has 148 valence electrons. The fourth-order valence-corrected chi connectivity index (χ4v) is 3.04. The van der Waals surface area contributed by atoms with Crippen molar-refractivity contribution in [3.63, 3.8) is 0 Å². The second-order valence-electron chi connectivity index (χ2n) is 6.88. The van der Waals surface area contributed by atoms with Gasteiger partial charge in [-0.05, 0) is 23.1 Å². The Morgan fingerprint density at radius 3 is 1.55 bits per heavy atom. The summed E-state index contributed by atoms with van der Waals surface area (Å²) in [5.41, 5.74) is 3.54. The van der Waals surface area contributed by atoms with E-state index in [-0.39, 0.29) is 12.2 Å². The minimum Gasteiger partial charge on any atom is -0.366 e. The first-order valence-electron chi connectivity index (χ1n) is 9.99. The van der Waals surface area contributed by atoms with Gasteiger partial charge in [0.15, 0.2) is 0 Å². The van der Waals surface area contributed by atoms with Crippen molar-refractivity contribution in [2.24, 2.45) is 0 Å². The van der Waals surface area contributed by atoms with Crippen LogP contribution in [0.1, 0.15) is 16.7 Å². The highest BCUT2D eigenvalue weighted by Gasteiger charge is 2.18. The molecule has 0 heterocycles. The van der Waals surface area contributed by atoms with Gasteiger partial charge in [-0.25, -0.2) is 0 Å². The maximum absolute atomic E-state index is 6.22. The highest BCUT2D eigenvalue weighted by Crippen LogP contribution is 2.14. The van der Waals surface area contributed by atoms with Crippen LogP contribution in [0.4, 0.5) is 0 Å². The lowest BCUT2D eigenvalue weighted by Gasteiger charge is -2.23. The minimum atomic E-state index is -0.231. The maximum Gasteiger partial charge on any atom is 0.106 e. The molecule has 2 atom stereocenters. The molecule has 2 nitrogen and oxygen atoms in total. The van der Waals surface area contributed by atoms with Gasteiger partial charge in [-0.15, -0.1) is 6.58 Å². The summed E-state index contributed by atoms with van der Waals surface area (Å²) in [5.74, 6) is 0. The number of allylic oxidation sites excluding steroid dienone is 1. The van der Waals surface area contributed by atoms with E-state index in [1.807, 2.05) is 48.5 Å². The summed E-state index contributed by atoms with van der Waals surface area (Å²) in [6, 6.07) is 30.8. The Morgan fingerprint density at radius 2 is 1.07 bits per heavy atom. The molecule has 0 aromatic heterocycles. The van der Waals surface area contributed by atoms with Gasteiger partial charge in [-0.3, -0.25) is 0 Å². The number of rotatable bonds is 11. The van der Waals surface area contributed by atoms with Gasteiger partial charge in [-0.2, -0.15) is 0 Å². The summed E-state index contributed by atoms with van der Waals surface area (Å²) < 4.78 is 12.4. The lowest BCUT2D eigenvalue weighted by atomic mass is 10.1. The zero-order valence-corrected chi connectivity index (χ0v) is 16.7. The molecule has 0 spiro atoms. The van der Waals surface area contributed by atoms with Gasteiger partial charge in [-0.1, -0.05) is 109 Å². The van der Waals surface area contributed by atoms with Crippen LogP contribution >= 0.6 is 0 Å². The first-order valence-corrected chi connectivity index (χ1v) is 9.99. The molecule has 3 rings (SSSR count). The zero-order valence-electron chi connectivity index (χ0n) is 16.7. The van der Waals surface area contributed by atoms with Gasteiger partial charge < -0.3 is 9.47 Å². The van der Waals surface area contributed by atoms with E-state index in [0.29, 0.717) is 13.2 Å². The first-order chi connectivity index (χ1) is 14.3. The predicted molar refractivity (Wildman–Crippen MR) is 120 cm³/mol. The molecule has 0 fully saturated rings. The summed E-state index contributed by atoms with van der Waals surface area (Å²) in [6.07, 6.45) is 6.48. The third-order valence-electron chi connectivity index (χ3n) is 4.65. The van der Waals surface area contributed by atoms with E-state index >= 15 is 0 Å². The molecule has 0 bridgehead atoms. The highest BCUT2D eigenvalue weighted by atomic mass is 16.5. The highest BCUT2D eigenvalue weighted by molar-refractivity contribution is 5.19. The van der Waals surface area contributed by atoms with Crippen LogP contribution < -0.4 is 0 Å². The SMILES string of the molecule is C=C[C@H](OCc1ccccc1)[C@@H](/C=C\Cc1ccccc1)OCc1ccccc1. The van der Waals surface area contributed by atoms with Gasteiger partial charge in [0.2, 0.25) is 0 Å². The molecule has 0 aliphatic rings. The lowest BCUT2D eigenvalue weighted by molar-refractivity contribution is -0.0420. The molecule has 0 unspecified atom stereocenters. The van der Waals surface area contributed by atoms with Gasteiger partial charge in [0.25, 0.3) is 0 Å². The third kappa shape index (κ3) is 7.19. The minimum absolute atomic E-state index is 0.208. The van der Waals surface area contributed by atoms with E-state index in [2.05, 4.69) is 67.3 Å². The quantitative estimate of drug-likeness (QED) is 0.370. The average Bonchev–Trinajstić information content (AvgIpc) is 2.79. The topological polar surface area (TPSA) is 18.5 Å². The van der Waals surface area contributed by atoms with Gasteiger partial charge in [0, 0.05) is 0 Å². The lowest BCUT2D eigenvalue weighted by Crippen LogP contribution is -2.28. The second-order valence-corrected chi connectivity index (χ2v) is 6.88. The number of hydrogen-bond donors (Lipinski definition) is 0. The van der Waals surface area contributed by atoms with Crippen molar-refractivity contribution in [1.82, 2.24) is 0 Å². The standard InChI is InChI=1S/C27H28O2/c1-2-26(28-21-24-15-8-4-9-16-24)27(29-22-25-17-10-5-11-18-25)20-12-19-23-13-6-3-7-14-23/h2-18,20,26-27H,1,19,21-22H2/b20-12-/t26-,27+/m0/s1. The van der Waals surface area contributed by atoms with Crippen molar-refractivity contribution in [3.8, 4) is 0 Å². The van der Waals surface area contributed by atoms with Gasteiger partial charge >= 0.3 is 0 Å². The second kappa shape index (κ2) is 11.8. The molecule has 2 heteroatoms. The van der Waals surface area contributed by atoms with Gasteiger partial charge in [0.05, 0.1) is 13.2 Å². The Hall–Kier alpha value is -2.94. The Kier molecular flexibility index (Phi) is 8.46. The largest absolute Gasteiger partial charge is 0.366 e. The normalized spacial score (nSPS) is 13.2. The summed E-state index contributed by atoms with van der Waals surface area (Å²) in [4.78, 5) is 0. The molecule has 29 heavy (non-hydrogen) atoms. The number of hydrogen-bond acceptors (Lipinski definition) is 2. The monoisotopic (exact) mass is 384 g/mol. The van der Waals surface area contributed by atoms with Crippen molar-refractivity contribution < 1.29 is 9.47 Å². The molecular formula is C27H28O2. The van der Waals surface area contributed by atoms with Crippen LogP contribution in [0, 0.1) is 0 Å². The van der Waals surface area contributed by atoms with Crippen LogP contribution in [-0.2, 0) is 29.1 Å². The van der Waals surface area contributed by atoms with Crippen molar-refractivity contribution in [2.45, 2.75) is 31.8 Å².